The van der Waals surface area contributed by atoms with Gasteiger partial charge in [-0.25, -0.2) is 4.39 Å². The summed E-state index contributed by atoms with van der Waals surface area (Å²) in [5.41, 5.74) is 3.17. The minimum Gasteiger partial charge on any atom is -0.453 e. The van der Waals surface area contributed by atoms with Gasteiger partial charge in [-0.15, -0.1) is 0 Å². The fraction of sp³-hybridized carbons (Fsp3) is 0.182. The Balaban J connectivity index is 1.55. The molecular weight excluding hydrogens is 355 g/mol. The molecule has 3 aromatic rings. The number of rotatable bonds is 6. The smallest absolute Gasteiger partial charge is 0.191 e. The van der Waals surface area contributed by atoms with E-state index in [9.17, 15) is 4.39 Å². The minimum absolute atomic E-state index is 0.165. The summed E-state index contributed by atoms with van der Waals surface area (Å²) in [5, 5.41) is 6.44. The van der Waals surface area contributed by atoms with Crippen molar-refractivity contribution in [3.8, 4) is 11.5 Å². The van der Waals surface area contributed by atoms with E-state index in [-0.39, 0.29) is 5.75 Å². The van der Waals surface area contributed by atoms with E-state index < -0.39 is 5.82 Å². The molecule has 3 rings (SSSR count). The Morgan fingerprint density at radius 2 is 1.82 bits per heavy atom. The Labute approximate surface area is 164 Å². The summed E-state index contributed by atoms with van der Waals surface area (Å²) in [5.74, 6) is 0.884. The highest BCUT2D eigenvalue weighted by atomic mass is 19.1. The van der Waals surface area contributed by atoms with Crippen LogP contribution in [-0.4, -0.2) is 18.0 Å². The molecule has 0 bridgehead atoms. The second-order valence-corrected chi connectivity index (χ2v) is 6.32. The van der Waals surface area contributed by atoms with Crippen LogP contribution in [0.1, 0.15) is 16.7 Å². The van der Waals surface area contributed by atoms with Gasteiger partial charge in [0.25, 0.3) is 0 Å². The number of aliphatic imine (C=N–C) groups is 1. The predicted octanol–water partition coefficient (Wildman–Crippen LogP) is 4.19. The Hall–Kier alpha value is -3.41. The van der Waals surface area contributed by atoms with Gasteiger partial charge in [0, 0.05) is 26.3 Å². The zero-order chi connectivity index (χ0) is 19.8. The van der Waals surface area contributed by atoms with Crippen molar-refractivity contribution < 1.29 is 9.13 Å². The van der Waals surface area contributed by atoms with E-state index in [1.807, 2.05) is 12.1 Å². The van der Waals surface area contributed by atoms with Crippen molar-refractivity contribution in [2.24, 2.45) is 4.99 Å². The van der Waals surface area contributed by atoms with Gasteiger partial charge >= 0.3 is 0 Å². The second-order valence-electron chi connectivity index (χ2n) is 6.32. The Bertz CT molecular complexity index is 944. The van der Waals surface area contributed by atoms with E-state index in [4.69, 9.17) is 4.74 Å². The van der Waals surface area contributed by atoms with Crippen molar-refractivity contribution in [1.82, 2.24) is 15.6 Å². The summed E-state index contributed by atoms with van der Waals surface area (Å²) in [6, 6.07) is 16.6. The minimum atomic E-state index is -0.425. The van der Waals surface area contributed by atoms with Crippen LogP contribution in [0.4, 0.5) is 4.39 Å². The number of nitrogens with one attached hydrogen (secondary N) is 2. The van der Waals surface area contributed by atoms with Gasteiger partial charge in [0.15, 0.2) is 17.5 Å². The first-order chi connectivity index (χ1) is 13.6. The number of benzene rings is 2. The highest BCUT2D eigenvalue weighted by Gasteiger charge is 2.07. The van der Waals surface area contributed by atoms with E-state index in [0.29, 0.717) is 24.8 Å². The number of pyridine rings is 1. The Morgan fingerprint density at radius 3 is 2.46 bits per heavy atom. The summed E-state index contributed by atoms with van der Waals surface area (Å²) < 4.78 is 19.8. The first-order valence-corrected chi connectivity index (χ1v) is 9.00. The Kier molecular flexibility index (Phi) is 6.57. The highest BCUT2D eigenvalue weighted by molar-refractivity contribution is 5.79. The van der Waals surface area contributed by atoms with Crippen molar-refractivity contribution >= 4 is 5.96 Å². The molecule has 0 saturated heterocycles. The maximum Gasteiger partial charge on any atom is 0.191 e. The molecule has 0 aliphatic rings. The lowest BCUT2D eigenvalue weighted by Crippen LogP contribution is -2.36. The van der Waals surface area contributed by atoms with Crippen LogP contribution >= 0.6 is 0 Å². The molecule has 144 valence electrons. The maximum atomic E-state index is 14.3. The van der Waals surface area contributed by atoms with Gasteiger partial charge in [-0.3, -0.25) is 9.98 Å². The van der Waals surface area contributed by atoms with E-state index >= 15 is 0 Å². The van der Waals surface area contributed by atoms with Crippen molar-refractivity contribution in [2.75, 3.05) is 7.05 Å². The maximum absolute atomic E-state index is 14.3. The molecule has 0 atom stereocenters. The van der Waals surface area contributed by atoms with Crippen LogP contribution in [-0.2, 0) is 13.1 Å². The number of guanidine groups is 1. The molecule has 0 saturated carbocycles. The molecule has 28 heavy (non-hydrogen) atoms. The molecule has 0 spiro atoms. The molecular formula is C22H23FN4O. The number of ether oxygens (including phenoxy) is 1. The third kappa shape index (κ3) is 5.54. The van der Waals surface area contributed by atoms with Crippen LogP contribution in [0.25, 0.3) is 0 Å². The third-order valence-corrected chi connectivity index (χ3v) is 4.08. The van der Waals surface area contributed by atoms with E-state index in [2.05, 4.69) is 45.7 Å². The quantitative estimate of drug-likeness (QED) is 0.499. The number of hydrogen-bond donors (Lipinski definition) is 2. The lowest BCUT2D eigenvalue weighted by Gasteiger charge is -2.13. The van der Waals surface area contributed by atoms with Crippen LogP contribution in [0, 0.1) is 12.7 Å². The zero-order valence-electron chi connectivity index (χ0n) is 15.9. The van der Waals surface area contributed by atoms with Gasteiger partial charge in [0.2, 0.25) is 0 Å². The summed E-state index contributed by atoms with van der Waals surface area (Å²) in [6.45, 7) is 3.16. The topological polar surface area (TPSA) is 58.5 Å². The number of aromatic nitrogens is 1. The Morgan fingerprint density at radius 1 is 1.04 bits per heavy atom. The van der Waals surface area contributed by atoms with Gasteiger partial charge in [0.05, 0.1) is 6.20 Å². The molecule has 0 fully saturated rings. The second kappa shape index (κ2) is 9.50. The van der Waals surface area contributed by atoms with E-state index in [1.165, 1.54) is 17.2 Å². The van der Waals surface area contributed by atoms with Crippen LogP contribution < -0.4 is 15.4 Å². The average molecular weight is 378 g/mol. The van der Waals surface area contributed by atoms with Gasteiger partial charge in [-0.05, 0) is 42.3 Å². The average Bonchev–Trinajstić information content (AvgIpc) is 2.71. The van der Waals surface area contributed by atoms with Crippen LogP contribution in [0.5, 0.6) is 11.5 Å². The summed E-state index contributed by atoms with van der Waals surface area (Å²) in [7, 11) is 1.71. The zero-order valence-corrected chi connectivity index (χ0v) is 15.9. The molecule has 6 heteroatoms. The lowest BCUT2D eigenvalue weighted by atomic mass is 10.1. The van der Waals surface area contributed by atoms with Crippen molar-refractivity contribution in [2.45, 2.75) is 20.0 Å². The molecule has 1 heterocycles. The number of nitrogens with zero attached hydrogens (tertiary/aromatic N) is 2. The fourth-order valence-electron chi connectivity index (χ4n) is 2.69. The fourth-order valence-corrected chi connectivity index (χ4v) is 2.69. The van der Waals surface area contributed by atoms with Crippen molar-refractivity contribution in [3.05, 3.63) is 89.5 Å². The normalized spacial score (nSPS) is 11.2. The molecule has 5 nitrogen and oxygen atoms in total. The van der Waals surface area contributed by atoms with E-state index in [1.54, 1.807) is 37.6 Å². The molecule has 1 aromatic heterocycles. The molecule has 0 radical (unpaired) electrons. The molecule has 0 aliphatic heterocycles. The molecule has 0 amide bonds. The number of halogens is 1. The SMILES string of the molecule is CN=C(NCc1cccc(C)c1)NCc1ccc(Oc2cccnc2)c(F)c1. The van der Waals surface area contributed by atoms with Gasteiger partial charge in [-0.1, -0.05) is 35.9 Å². The van der Waals surface area contributed by atoms with E-state index in [0.717, 1.165) is 5.56 Å². The van der Waals surface area contributed by atoms with Gasteiger partial charge < -0.3 is 15.4 Å². The monoisotopic (exact) mass is 378 g/mol. The number of aryl methyl sites for hydroxylation is 1. The first kappa shape index (κ1) is 19.4. The largest absolute Gasteiger partial charge is 0.453 e. The van der Waals surface area contributed by atoms with Crippen LogP contribution in [0.2, 0.25) is 0 Å². The molecule has 2 aromatic carbocycles. The van der Waals surface area contributed by atoms with Crippen molar-refractivity contribution in [1.29, 1.82) is 0 Å². The first-order valence-electron chi connectivity index (χ1n) is 9.00. The molecule has 0 aliphatic carbocycles. The summed E-state index contributed by atoms with van der Waals surface area (Å²) in [4.78, 5) is 8.16. The summed E-state index contributed by atoms with van der Waals surface area (Å²) >= 11 is 0. The standard InChI is InChI=1S/C22H23FN4O/c1-16-5-3-6-17(11-16)13-26-22(24-2)27-14-18-8-9-21(20(23)12-18)28-19-7-4-10-25-15-19/h3-12,15H,13-14H2,1-2H3,(H2,24,26,27). The summed E-state index contributed by atoms with van der Waals surface area (Å²) in [6.07, 6.45) is 3.18. The number of hydrogen-bond acceptors (Lipinski definition) is 3. The van der Waals surface area contributed by atoms with Crippen LogP contribution in [0.15, 0.2) is 72.0 Å². The third-order valence-electron chi connectivity index (χ3n) is 4.08. The highest BCUT2D eigenvalue weighted by Crippen LogP contribution is 2.24. The molecule has 0 unspecified atom stereocenters. The lowest BCUT2D eigenvalue weighted by molar-refractivity contribution is 0.440. The van der Waals surface area contributed by atoms with Crippen molar-refractivity contribution in [3.63, 3.8) is 0 Å². The van der Waals surface area contributed by atoms with Crippen LogP contribution in [0.3, 0.4) is 0 Å². The van der Waals surface area contributed by atoms with Gasteiger partial charge in [-0.2, -0.15) is 0 Å². The van der Waals surface area contributed by atoms with Gasteiger partial charge in [0.1, 0.15) is 5.75 Å². The predicted molar refractivity (Wildman–Crippen MR) is 109 cm³/mol. The molecule has 2 N–H and O–H groups in total.